The number of amides is 2. The normalized spacial score (nSPS) is 17.7. The molecule has 0 radical (unpaired) electrons. The quantitative estimate of drug-likeness (QED) is 0.827. The van der Waals surface area contributed by atoms with Gasteiger partial charge in [0.2, 0.25) is 11.8 Å². The maximum Gasteiger partial charge on any atom is 0.240 e. The number of rotatable bonds is 5. The third-order valence-corrected chi connectivity index (χ3v) is 5.32. The van der Waals surface area contributed by atoms with Crippen LogP contribution in [0, 0.1) is 13.8 Å². The summed E-state index contributed by atoms with van der Waals surface area (Å²) in [5.41, 5.74) is 3.77. The summed E-state index contributed by atoms with van der Waals surface area (Å²) in [7, 11) is 1.58. The van der Waals surface area contributed by atoms with Crippen molar-refractivity contribution in [1.29, 1.82) is 0 Å². The van der Waals surface area contributed by atoms with Crippen molar-refractivity contribution in [3.05, 3.63) is 53.6 Å². The highest BCUT2D eigenvalue weighted by Crippen LogP contribution is 2.26. The third-order valence-electron chi connectivity index (χ3n) is 4.24. The first-order chi connectivity index (χ1) is 12.9. The summed E-state index contributed by atoms with van der Waals surface area (Å²) in [6.07, 6.45) is 0.0779. The van der Waals surface area contributed by atoms with E-state index < -0.39 is 5.25 Å². The maximum atomic E-state index is 12.2. The number of carbonyl (C=O) groups is 2. The Kier molecular flexibility index (Phi) is 5.81. The maximum absolute atomic E-state index is 12.2. The van der Waals surface area contributed by atoms with Gasteiger partial charge in [-0.25, -0.2) is 4.99 Å². The zero-order chi connectivity index (χ0) is 19.4. The summed E-state index contributed by atoms with van der Waals surface area (Å²) < 4.78 is 5.09. The van der Waals surface area contributed by atoms with Crippen molar-refractivity contribution in [2.24, 2.45) is 4.99 Å². The molecule has 1 aliphatic heterocycles. The predicted molar refractivity (Wildman–Crippen MR) is 109 cm³/mol. The van der Waals surface area contributed by atoms with Crippen molar-refractivity contribution < 1.29 is 14.3 Å². The molecule has 140 valence electrons. The molecule has 2 amide bonds. The first-order valence-electron chi connectivity index (χ1n) is 8.52. The molecular weight excluding hydrogens is 362 g/mol. The Labute approximate surface area is 162 Å². The number of aliphatic imine (C=N–C) groups is 1. The van der Waals surface area contributed by atoms with E-state index in [2.05, 4.69) is 15.6 Å². The van der Waals surface area contributed by atoms with Crippen molar-refractivity contribution in [2.45, 2.75) is 25.5 Å². The van der Waals surface area contributed by atoms with E-state index in [9.17, 15) is 9.59 Å². The second-order valence-corrected chi connectivity index (χ2v) is 7.45. The van der Waals surface area contributed by atoms with Gasteiger partial charge >= 0.3 is 0 Å². The minimum absolute atomic E-state index is 0.0779. The fourth-order valence-electron chi connectivity index (χ4n) is 2.56. The van der Waals surface area contributed by atoms with Crippen molar-refractivity contribution in [2.75, 3.05) is 12.4 Å². The van der Waals surface area contributed by atoms with Crippen molar-refractivity contribution in [3.63, 3.8) is 0 Å². The second-order valence-electron chi connectivity index (χ2n) is 6.26. The number of nitrogens with zero attached hydrogens (tertiary/aromatic N) is 1. The highest BCUT2D eigenvalue weighted by molar-refractivity contribution is 8.15. The van der Waals surface area contributed by atoms with Crippen LogP contribution in [0.2, 0.25) is 0 Å². The lowest BCUT2D eigenvalue weighted by atomic mass is 10.1. The molecule has 6 nitrogen and oxygen atoms in total. The number of hydrogen-bond donors (Lipinski definition) is 2. The lowest BCUT2D eigenvalue weighted by Gasteiger charge is -2.08. The van der Waals surface area contributed by atoms with Gasteiger partial charge in [0, 0.05) is 12.1 Å². The molecule has 0 bridgehead atoms. The third kappa shape index (κ3) is 4.89. The topological polar surface area (TPSA) is 79.8 Å². The number of aryl methyl sites for hydroxylation is 2. The first kappa shape index (κ1) is 19.0. The zero-order valence-electron chi connectivity index (χ0n) is 15.4. The van der Waals surface area contributed by atoms with E-state index in [1.54, 1.807) is 31.4 Å². The molecule has 27 heavy (non-hydrogen) atoms. The van der Waals surface area contributed by atoms with Crippen molar-refractivity contribution in [3.8, 4) is 5.75 Å². The highest BCUT2D eigenvalue weighted by Gasteiger charge is 2.32. The van der Waals surface area contributed by atoms with Crippen LogP contribution in [0.4, 0.5) is 11.4 Å². The minimum atomic E-state index is -0.492. The minimum Gasteiger partial charge on any atom is -0.497 e. The van der Waals surface area contributed by atoms with Crippen LogP contribution in [0.3, 0.4) is 0 Å². The second kappa shape index (κ2) is 8.26. The molecule has 1 heterocycles. The lowest BCUT2D eigenvalue weighted by molar-refractivity contribution is -0.122. The molecule has 2 aromatic rings. The van der Waals surface area contributed by atoms with Crippen molar-refractivity contribution >= 4 is 40.1 Å². The lowest BCUT2D eigenvalue weighted by Crippen LogP contribution is -2.28. The number of anilines is 1. The van der Waals surface area contributed by atoms with Gasteiger partial charge in [0.25, 0.3) is 0 Å². The van der Waals surface area contributed by atoms with Gasteiger partial charge in [-0.1, -0.05) is 17.8 Å². The van der Waals surface area contributed by atoms with Crippen LogP contribution in [0.15, 0.2) is 47.5 Å². The van der Waals surface area contributed by atoms with Gasteiger partial charge < -0.3 is 15.4 Å². The SMILES string of the molecule is COc1ccc(NC(=O)C[C@@H]2SC(=Nc3ccc(C)c(C)c3)NC2=O)cc1. The molecule has 1 atom stereocenters. The molecule has 2 N–H and O–H groups in total. The first-order valence-corrected chi connectivity index (χ1v) is 9.40. The van der Waals surface area contributed by atoms with Crippen LogP contribution >= 0.6 is 11.8 Å². The van der Waals surface area contributed by atoms with E-state index in [0.29, 0.717) is 16.6 Å². The van der Waals surface area contributed by atoms with Crippen LogP contribution in [-0.2, 0) is 9.59 Å². The summed E-state index contributed by atoms with van der Waals surface area (Å²) in [5.74, 6) is 0.290. The van der Waals surface area contributed by atoms with Crippen molar-refractivity contribution in [1.82, 2.24) is 5.32 Å². The van der Waals surface area contributed by atoms with Gasteiger partial charge in [0.1, 0.15) is 11.0 Å². The van der Waals surface area contributed by atoms with E-state index in [1.165, 1.54) is 17.3 Å². The number of ether oxygens (including phenoxy) is 1. The number of carbonyl (C=O) groups excluding carboxylic acids is 2. The number of thioether (sulfide) groups is 1. The average Bonchev–Trinajstić information content (AvgIpc) is 2.97. The summed E-state index contributed by atoms with van der Waals surface area (Å²) in [4.78, 5) is 28.9. The molecule has 0 unspecified atom stereocenters. The van der Waals surface area contributed by atoms with E-state index >= 15 is 0 Å². The Morgan fingerprint density at radius 1 is 1.19 bits per heavy atom. The van der Waals surface area contributed by atoms with Gasteiger partial charge in [-0.15, -0.1) is 0 Å². The standard InChI is InChI=1S/C20H21N3O3S/c1-12-4-5-15(10-13(12)2)22-20-23-19(25)17(27-20)11-18(24)21-14-6-8-16(26-3)9-7-14/h4-10,17H,11H2,1-3H3,(H,21,24)(H,22,23,25)/t17-/m0/s1. The summed E-state index contributed by atoms with van der Waals surface area (Å²) in [5, 5.41) is 5.57. The molecule has 0 aromatic heterocycles. The van der Waals surface area contributed by atoms with Crippen LogP contribution < -0.4 is 15.4 Å². The fourth-order valence-corrected chi connectivity index (χ4v) is 3.55. The smallest absolute Gasteiger partial charge is 0.240 e. The van der Waals surface area contributed by atoms with Crippen LogP contribution in [0.1, 0.15) is 17.5 Å². The Bertz CT molecular complexity index is 894. The largest absolute Gasteiger partial charge is 0.497 e. The molecule has 3 rings (SSSR count). The Morgan fingerprint density at radius 3 is 2.59 bits per heavy atom. The number of benzene rings is 2. The zero-order valence-corrected chi connectivity index (χ0v) is 16.2. The summed E-state index contributed by atoms with van der Waals surface area (Å²) in [6.45, 7) is 4.06. The van der Waals surface area contributed by atoms with E-state index in [-0.39, 0.29) is 18.2 Å². The van der Waals surface area contributed by atoms with E-state index in [0.717, 1.165) is 11.3 Å². The number of nitrogens with one attached hydrogen (secondary N) is 2. The molecule has 0 spiro atoms. The Balaban J connectivity index is 1.60. The fraction of sp³-hybridized carbons (Fsp3) is 0.250. The molecule has 2 aromatic carbocycles. The molecule has 1 fully saturated rings. The molecule has 0 saturated carbocycles. The van der Waals surface area contributed by atoms with Crippen LogP contribution in [0.5, 0.6) is 5.75 Å². The number of methoxy groups -OCH3 is 1. The molecule has 0 aliphatic carbocycles. The molecule has 1 saturated heterocycles. The highest BCUT2D eigenvalue weighted by atomic mass is 32.2. The van der Waals surface area contributed by atoms with Gasteiger partial charge in [-0.05, 0) is 61.4 Å². The van der Waals surface area contributed by atoms with Gasteiger partial charge in [-0.3, -0.25) is 9.59 Å². The number of hydrogen-bond acceptors (Lipinski definition) is 5. The molecular formula is C20H21N3O3S. The van der Waals surface area contributed by atoms with E-state index in [4.69, 9.17) is 4.74 Å². The predicted octanol–water partition coefficient (Wildman–Crippen LogP) is 3.56. The van der Waals surface area contributed by atoms with Gasteiger partial charge in [-0.2, -0.15) is 0 Å². The van der Waals surface area contributed by atoms with Gasteiger partial charge in [0.15, 0.2) is 5.17 Å². The Morgan fingerprint density at radius 2 is 1.93 bits per heavy atom. The monoisotopic (exact) mass is 383 g/mol. The molecule has 7 heteroatoms. The van der Waals surface area contributed by atoms with E-state index in [1.807, 2.05) is 32.0 Å². The summed E-state index contributed by atoms with van der Waals surface area (Å²) in [6, 6.07) is 12.9. The van der Waals surface area contributed by atoms with Gasteiger partial charge in [0.05, 0.1) is 12.8 Å². The average molecular weight is 383 g/mol. The number of amidine groups is 1. The van der Waals surface area contributed by atoms with Crippen LogP contribution in [0.25, 0.3) is 0 Å². The summed E-state index contributed by atoms with van der Waals surface area (Å²) >= 11 is 1.28. The van der Waals surface area contributed by atoms with Crippen LogP contribution in [-0.4, -0.2) is 29.3 Å². The molecule has 1 aliphatic rings. The Hall–Kier alpha value is -2.80.